The van der Waals surface area contributed by atoms with Gasteiger partial charge < -0.3 is 4.74 Å². The highest BCUT2D eigenvalue weighted by Gasteiger charge is 2.13. The van der Waals surface area contributed by atoms with Crippen molar-refractivity contribution in [1.82, 2.24) is 4.98 Å². The van der Waals surface area contributed by atoms with Crippen molar-refractivity contribution in [3.8, 4) is 16.9 Å². The van der Waals surface area contributed by atoms with Gasteiger partial charge in [0.2, 0.25) is 0 Å². The van der Waals surface area contributed by atoms with E-state index < -0.39 is 0 Å². The van der Waals surface area contributed by atoms with Gasteiger partial charge in [0.05, 0.1) is 13.3 Å². The molecule has 2 heteroatoms. The van der Waals surface area contributed by atoms with Crippen LogP contribution in [0.1, 0.15) is 26.3 Å². The van der Waals surface area contributed by atoms with E-state index in [2.05, 4.69) is 50.0 Å². The first-order chi connectivity index (χ1) is 8.50. The summed E-state index contributed by atoms with van der Waals surface area (Å²) in [5.41, 5.74) is 3.76. The molecular weight excluding hydrogens is 222 g/mol. The lowest BCUT2D eigenvalue weighted by molar-refractivity contribution is 0.413. The van der Waals surface area contributed by atoms with E-state index in [-0.39, 0.29) is 5.41 Å². The minimum atomic E-state index is 0.186. The van der Waals surface area contributed by atoms with Crippen LogP contribution in [0.4, 0.5) is 0 Å². The summed E-state index contributed by atoms with van der Waals surface area (Å²) in [6.07, 6.45) is 3.57. The molecule has 0 amide bonds. The molecule has 0 fully saturated rings. The zero-order valence-corrected chi connectivity index (χ0v) is 11.4. The average Bonchev–Trinajstić information content (AvgIpc) is 2.38. The van der Waals surface area contributed by atoms with Crippen molar-refractivity contribution in [2.45, 2.75) is 26.2 Å². The third-order valence-corrected chi connectivity index (χ3v) is 3.03. The molecule has 0 aliphatic heterocycles. The molecule has 2 nitrogen and oxygen atoms in total. The Labute approximate surface area is 109 Å². The van der Waals surface area contributed by atoms with Crippen LogP contribution >= 0.6 is 0 Å². The summed E-state index contributed by atoms with van der Waals surface area (Å²) in [5, 5.41) is 0. The number of nitrogens with zero attached hydrogens (tertiary/aromatic N) is 1. The highest BCUT2D eigenvalue weighted by atomic mass is 16.5. The summed E-state index contributed by atoms with van der Waals surface area (Å²) in [6, 6.07) is 10.6. The van der Waals surface area contributed by atoms with Gasteiger partial charge in [0.15, 0.2) is 0 Å². The molecular formula is C16H19NO. The van der Waals surface area contributed by atoms with Crippen molar-refractivity contribution in [3.05, 3.63) is 48.3 Å². The van der Waals surface area contributed by atoms with Gasteiger partial charge in [-0.1, -0.05) is 45.0 Å². The minimum Gasteiger partial charge on any atom is -0.495 e. The van der Waals surface area contributed by atoms with Gasteiger partial charge in [0, 0.05) is 11.8 Å². The summed E-state index contributed by atoms with van der Waals surface area (Å²) < 4.78 is 5.19. The number of hydrogen-bond donors (Lipinski definition) is 0. The highest BCUT2D eigenvalue weighted by molar-refractivity contribution is 5.64. The maximum Gasteiger partial charge on any atom is 0.137 e. The number of aromatic nitrogens is 1. The fourth-order valence-electron chi connectivity index (χ4n) is 1.85. The first kappa shape index (κ1) is 12.6. The van der Waals surface area contributed by atoms with Crippen molar-refractivity contribution in [2.24, 2.45) is 0 Å². The number of methoxy groups -OCH3 is 1. The van der Waals surface area contributed by atoms with E-state index in [1.807, 2.05) is 12.3 Å². The van der Waals surface area contributed by atoms with Gasteiger partial charge >= 0.3 is 0 Å². The highest BCUT2D eigenvalue weighted by Crippen LogP contribution is 2.27. The zero-order chi connectivity index (χ0) is 13.2. The molecule has 0 aliphatic carbocycles. The maximum atomic E-state index is 5.19. The quantitative estimate of drug-likeness (QED) is 0.791. The molecule has 1 aromatic carbocycles. The van der Waals surface area contributed by atoms with E-state index in [0.717, 1.165) is 16.9 Å². The Bertz CT molecular complexity index is 524. The SMILES string of the molecule is COc1cncc(-c2ccc(C(C)(C)C)cc2)c1. The number of benzene rings is 1. The first-order valence-electron chi connectivity index (χ1n) is 6.10. The lowest BCUT2D eigenvalue weighted by atomic mass is 9.86. The van der Waals surface area contributed by atoms with E-state index >= 15 is 0 Å². The largest absolute Gasteiger partial charge is 0.495 e. The van der Waals surface area contributed by atoms with Gasteiger partial charge in [-0.25, -0.2) is 0 Å². The van der Waals surface area contributed by atoms with Crippen molar-refractivity contribution in [2.75, 3.05) is 7.11 Å². The minimum absolute atomic E-state index is 0.186. The monoisotopic (exact) mass is 241 g/mol. The van der Waals surface area contributed by atoms with Crippen LogP contribution < -0.4 is 4.74 Å². The Balaban J connectivity index is 2.34. The van der Waals surface area contributed by atoms with Gasteiger partial charge in [-0.15, -0.1) is 0 Å². The normalized spacial score (nSPS) is 11.3. The van der Waals surface area contributed by atoms with Crippen LogP contribution in [-0.4, -0.2) is 12.1 Å². The average molecular weight is 241 g/mol. The Hall–Kier alpha value is -1.83. The van der Waals surface area contributed by atoms with Crippen LogP contribution in [0.3, 0.4) is 0 Å². The molecule has 94 valence electrons. The van der Waals surface area contributed by atoms with Crippen LogP contribution in [0.15, 0.2) is 42.7 Å². The number of pyridine rings is 1. The second-order valence-electron chi connectivity index (χ2n) is 5.44. The predicted molar refractivity (Wildman–Crippen MR) is 74.9 cm³/mol. The maximum absolute atomic E-state index is 5.19. The molecule has 0 bridgehead atoms. The third kappa shape index (κ3) is 2.70. The molecule has 1 aromatic heterocycles. The number of ether oxygens (including phenoxy) is 1. The molecule has 0 unspecified atom stereocenters. The van der Waals surface area contributed by atoms with Gasteiger partial charge in [-0.3, -0.25) is 4.98 Å². The Morgan fingerprint density at radius 3 is 2.17 bits per heavy atom. The third-order valence-electron chi connectivity index (χ3n) is 3.03. The van der Waals surface area contributed by atoms with Crippen LogP contribution in [0, 0.1) is 0 Å². The molecule has 0 N–H and O–H groups in total. The molecule has 0 saturated heterocycles. The van der Waals surface area contributed by atoms with Gasteiger partial charge in [-0.05, 0) is 22.6 Å². The predicted octanol–water partition coefficient (Wildman–Crippen LogP) is 4.05. The lowest BCUT2D eigenvalue weighted by Gasteiger charge is -2.19. The molecule has 0 saturated carbocycles. The van der Waals surface area contributed by atoms with E-state index in [1.54, 1.807) is 13.3 Å². The van der Waals surface area contributed by atoms with Gasteiger partial charge in [0.1, 0.15) is 5.75 Å². The smallest absolute Gasteiger partial charge is 0.137 e. The standard InChI is InChI=1S/C16H19NO/c1-16(2,3)14-7-5-12(6-8-14)13-9-15(18-4)11-17-10-13/h5-11H,1-4H3. The first-order valence-corrected chi connectivity index (χ1v) is 6.10. The zero-order valence-electron chi connectivity index (χ0n) is 11.4. The molecule has 2 rings (SSSR count). The van der Waals surface area contributed by atoms with E-state index in [4.69, 9.17) is 4.74 Å². The van der Waals surface area contributed by atoms with Gasteiger partial charge in [-0.2, -0.15) is 0 Å². The fraction of sp³-hybridized carbons (Fsp3) is 0.312. The molecule has 2 aromatic rings. The molecule has 18 heavy (non-hydrogen) atoms. The molecule has 0 spiro atoms. The molecule has 0 atom stereocenters. The van der Waals surface area contributed by atoms with Crippen molar-refractivity contribution in [3.63, 3.8) is 0 Å². The fourth-order valence-corrected chi connectivity index (χ4v) is 1.85. The van der Waals surface area contributed by atoms with E-state index in [1.165, 1.54) is 5.56 Å². The van der Waals surface area contributed by atoms with Crippen LogP contribution in [-0.2, 0) is 5.41 Å². The Kier molecular flexibility index (Phi) is 3.37. The van der Waals surface area contributed by atoms with Crippen LogP contribution in [0.25, 0.3) is 11.1 Å². The van der Waals surface area contributed by atoms with Crippen molar-refractivity contribution < 1.29 is 4.74 Å². The van der Waals surface area contributed by atoms with E-state index in [9.17, 15) is 0 Å². The number of rotatable bonds is 2. The molecule has 0 radical (unpaired) electrons. The lowest BCUT2D eigenvalue weighted by Crippen LogP contribution is -2.10. The summed E-state index contributed by atoms with van der Waals surface area (Å²) in [5.74, 6) is 0.785. The molecule has 1 heterocycles. The summed E-state index contributed by atoms with van der Waals surface area (Å²) in [4.78, 5) is 4.18. The van der Waals surface area contributed by atoms with E-state index in [0.29, 0.717) is 0 Å². The topological polar surface area (TPSA) is 22.1 Å². The Morgan fingerprint density at radius 1 is 0.944 bits per heavy atom. The summed E-state index contributed by atoms with van der Waals surface area (Å²) in [7, 11) is 1.66. The second-order valence-corrected chi connectivity index (χ2v) is 5.44. The summed E-state index contributed by atoms with van der Waals surface area (Å²) in [6.45, 7) is 6.65. The molecule has 0 aliphatic rings. The van der Waals surface area contributed by atoms with Crippen molar-refractivity contribution in [1.29, 1.82) is 0 Å². The summed E-state index contributed by atoms with van der Waals surface area (Å²) >= 11 is 0. The van der Waals surface area contributed by atoms with Crippen LogP contribution in [0.2, 0.25) is 0 Å². The number of hydrogen-bond acceptors (Lipinski definition) is 2. The Morgan fingerprint density at radius 2 is 1.61 bits per heavy atom. The van der Waals surface area contributed by atoms with Crippen molar-refractivity contribution >= 4 is 0 Å². The second kappa shape index (κ2) is 4.81. The van der Waals surface area contributed by atoms with Gasteiger partial charge in [0.25, 0.3) is 0 Å². The van der Waals surface area contributed by atoms with Crippen LogP contribution in [0.5, 0.6) is 5.75 Å².